The minimum Gasteiger partial charge on any atom is -0.398 e. The molecule has 0 fully saturated rings. The third kappa shape index (κ3) is 3.94. The molecule has 0 radical (unpaired) electrons. The van der Waals surface area contributed by atoms with Gasteiger partial charge in [-0.25, -0.2) is 0 Å². The van der Waals surface area contributed by atoms with Gasteiger partial charge in [0.15, 0.2) is 0 Å². The number of hydrogen-bond donors (Lipinski definition) is 2. The molecule has 0 heterocycles. The van der Waals surface area contributed by atoms with Crippen LogP contribution < -0.4 is 11.5 Å². The average molecular weight is 359 g/mol. The Labute approximate surface area is 113 Å². The van der Waals surface area contributed by atoms with Crippen LogP contribution in [0.25, 0.3) is 0 Å². The highest BCUT2D eigenvalue weighted by molar-refractivity contribution is 9.11. The van der Waals surface area contributed by atoms with Gasteiger partial charge in [-0.1, -0.05) is 29.3 Å². The van der Waals surface area contributed by atoms with Gasteiger partial charge < -0.3 is 11.5 Å². The van der Waals surface area contributed by atoms with Crippen molar-refractivity contribution in [2.75, 3.05) is 5.73 Å². The molecule has 1 atom stereocenters. The van der Waals surface area contributed by atoms with E-state index in [1.165, 1.54) is 0 Å². The van der Waals surface area contributed by atoms with Gasteiger partial charge in [0.05, 0.1) is 5.69 Å². The summed E-state index contributed by atoms with van der Waals surface area (Å²) < 4.78 is 1.90. The van der Waals surface area contributed by atoms with Crippen LogP contribution in [0.15, 0.2) is 21.1 Å². The Morgan fingerprint density at radius 2 is 1.93 bits per heavy atom. The minimum absolute atomic E-state index is 0. The number of rotatable bonds is 3. The summed E-state index contributed by atoms with van der Waals surface area (Å²) in [6.07, 6.45) is 2.01. The molecule has 0 aliphatic rings. The topological polar surface area (TPSA) is 52.0 Å². The number of hydrogen-bond acceptors (Lipinski definition) is 2. The molecule has 1 aromatic carbocycles. The summed E-state index contributed by atoms with van der Waals surface area (Å²) in [5, 5.41) is 0. The van der Waals surface area contributed by atoms with Crippen molar-refractivity contribution in [2.45, 2.75) is 25.8 Å². The highest BCUT2D eigenvalue weighted by atomic mass is 79.9. The molecule has 2 nitrogen and oxygen atoms in total. The summed E-state index contributed by atoms with van der Waals surface area (Å²) in [6, 6.07) is 3.94. The van der Waals surface area contributed by atoms with Crippen LogP contribution in [0.2, 0.25) is 0 Å². The zero-order valence-corrected chi connectivity index (χ0v) is 12.5. The lowest BCUT2D eigenvalue weighted by molar-refractivity contribution is 0.639. The van der Waals surface area contributed by atoms with Crippen molar-refractivity contribution in [3.05, 3.63) is 26.6 Å². The predicted molar refractivity (Wildman–Crippen MR) is 75.3 cm³/mol. The zero-order chi connectivity index (χ0) is 10.7. The SMILES string of the molecule is CCC[C@H](N)c1cc(Br)cc(Br)c1N.Cl. The van der Waals surface area contributed by atoms with E-state index >= 15 is 0 Å². The minimum atomic E-state index is 0. The Bertz CT molecular complexity index is 331. The van der Waals surface area contributed by atoms with Crippen molar-refractivity contribution in [2.24, 2.45) is 5.73 Å². The van der Waals surface area contributed by atoms with E-state index in [4.69, 9.17) is 11.5 Å². The maximum absolute atomic E-state index is 6.02. The van der Waals surface area contributed by atoms with Crippen LogP contribution in [0, 0.1) is 0 Å². The number of nitrogens with two attached hydrogens (primary N) is 2. The quantitative estimate of drug-likeness (QED) is 0.802. The Kier molecular flexibility index (Phi) is 6.84. The average Bonchev–Trinajstić information content (AvgIpc) is 2.11. The molecule has 1 rings (SSSR count). The first kappa shape index (κ1) is 15.2. The van der Waals surface area contributed by atoms with E-state index in [2.05, 4.69) is 38.8 Å². The van der Waals surface area contributed by atoms with Gasteiger partial charge in [0, 0.05) is 15.0 Å². The van der Waals surface area contributed by atoms with E-state index in [-0.39, 0.29) is 18.4 Å². The Hall–Kier alpha value is 0.230. The van der Waals surface area contributed by atoms with Gasteiger partial charge in [0.25, 0.3) is 0 Å². The summed E-state index contributed by atoms with van der Waals surface area (Å²) in [7, 11) is 0. The molecule has 15 heavy (non-hydrogen) atoms. The zero-order valence-electron chi connectivity index (χ0n) is 8.47. The Balaban J connectivity index is 0.00000196. The molecule has 0 spiro atoms. The van der Waals surface area contributed by atoms with Crippen molar-refractivity contribution < 1.29 is 0 Å². The summed E-state index contributed by atoms with van der Waals surface area (Å²) in [6.45, 7) is 2.11. The molecule has 5 heteroatoms. The van der Waals surface area contributed by atoms with Crippen LogP contribution in [0.3, 0.4) is 0 Å². The first-order valence-corrected chi connectivity index (χ1v) is 6.14. The van der Waals surface area contributed by atoms with Gasteiger partial charge in [-0.05, 0) is 40.0 Å². The Morgan fingerprint density at radius 3 is 2.47 bits per heavy atom. The van der Waals surface area contributed by atoms with Crippen LogP contribution in [0.5, 0.6) is 0 Å². The first-order chi connectivity index (χ1) is 6.56. The van der Waals surface area contributed by atoms with Gasteiger partial charge in [0.2, 0.25) is 0 Å². The van der Waals surface area contributed by atoms with E-state index < -0.39 is 0 Å². The van der Waals surface area contributed by atoms with Crippen LogP contribution >= 0.6 is 44.3 Å². The van der Waals surface area contributed by atoms with Crippen molar-refractivity contribution in [1.29, 1.82) is 0 Å². The number of anilines is 1. The van der Waals surface area contributed by atoms with Crippen LogP contribution in [0.4, 0.5) is 5.69 Å². The molecule has 0 aliphatic carbocycles. The maximum atomic E-state index is 6.02. The fourth-order valence-electron chi connectivity index (χ4n) is 1.38. The molecule has 0 bridgehead atoms. The van der Waals surface area contributed by atoms with E-state index in [1.54, 1.807) is 0 Å². The van der Waals surface area contributed by atoms with Crippen LogP contribution in [-0.2, 0) is 0 Å². The third-order valence-electron chi connectivity index (χ3n) is 2.13. The van der Waals surface area contributed by atoms with Crippen molar-refractivity contribution >= 4 is 50.0 Å². The van der Waals surface area contributed by atoms with Crippen LogP contribution in [0.1, 0.15) is 31.4 Å². The highest BCUT2D eigenvalue weighted by Gasteiger charge is 2.11. The van der Waals surface area contributed by atoms with Gasteiger partial charge in [-0.2, -0.15) is 0 Å². The van der Waals surface area contributed by atoms with Gasteiger partial charge in [-0.3, -0.25) is 0 Å². The van der Waals surface area contributed by atoms with Gasteiger partial charge >= 0.3 is 0 Å². The lowest BCUT2D eigenvalue weighted by Crippen LogP contribution is -2.12. The third-order valence-corrected chi connectivity index (χ3v) is 3.24. The van der Waals surface area contributed by atoms with Crippen molar-refractivity contribution in [1.82, 2.24) is 0 Å². The molecule has 0 unspecified atom stereocenters. The summed E-state index contributed by atoms with van der Waals surface area (Å²) in [5.74, 6) is 0. The van der Waals surface area contributed by atoms with Gasteiger partial charge in [0.1, 0.15) is 0 Å². The molecule has 4 N–H and O–H groups in total. The second-order valence-corrected chi connectivity index (χ2v) is 5.06. The maximum Gasteiger partial charge on any atom is 0.0507 e. The fourth-order valence-corrected chi connectivity index (χ4v) is 2.64. The van der Waals surface area contributed by atoms with Crippen LogP contribution in [-0.4, -0.2) is 0 Å². The lowest BCUT2D eigenvalue weighted by atomic mass is 10.0. The van der Waals surface area contributed by atoms with Crippen molar-refractivity contribution in [3.8, 4) is 0 Å². The molecule has 0 aromatic heterocycles. The second-order valence-electron chi connectivity index (χ2n) is 3.29. The Morgan fingerprint density at radius 1 is 1.33 bits per heavy atom. The lowest BCUT2D eigenvalue weighted by Gasteiger charge is -2.15. The van der Waals surface area contributed by atoms with E-state index in [0.29, 0.717) is 0 Å². The molecular weight excluding hydrogens is 343 g/mol. The largest absolute Gasteiger partial charge is 0.398 e. The summed E-state index contributed by atoms with van der Waals surface area (Å²) in [4.78, 5) is 0. The van der Waals surface area contributed by atoms with E-state index in [9.17, 15) is 0 Å². The highest BCUT2D eigenvalue weighted by Crippen LogP contribution is 2.32. The normalized spacial score (nSPS) is 12.0. The monoisotopic (exact) mass is 356 g/mol. The number of benzene rings is 1. The summed E-state index contributed by atoms with van der Waals surface area (Å²) >= 11 is 6.83. The fraction of sp³-hybridized carbons (Fsp3) is 0.400. The standard InChI is InChI=1S/C10H14Br2N2.ClH/c1-2-3-9(13)7-4-6(11)5-8(12)10(7)14;/h4-5,9H,2-3,13-14H2,1H3;1H/t9-;/m0./s1. The predicted octanol–water partition coefficient (Wildman–Crippen LogP) is 4.02. The summed E-state index contributed by atoms with van der Waals surface area (Å²) in [5.41, 5.74) is 13.7. The molecule has 0 saturated heterocycles. The molecular formula is C10H15Br2ClN2. The number of halogens is 3. The number of nitrogen functional groups attached to an aromatic ring is 1. The van der Waals surface area contributed by atoms with Gasteiger partial charge in [-0.15, -0.1) is 12.4 Å². The molecule has 0 saturated carbocycles. The second kappa shape index (κ2) is 6.74. The van der Waals surface area contributed by atoms with E-state index in [1.807, 2.05) is 12.1 Å². The van der Waals surface area contributed by atoms with Crippen molar-refractivity contribution in [3.63, 3.8) is 0 Å². The van der Waals surface area contributed by atoms with E-state index in [0.717, 1.165) is 33.0 Å². The smallest absolute Gasteiger partial charge is 0.0507 e. The molecule has 0 amide bonds. The molecule has 0 aliphatic heterocycles. The first-order valence-electron chi connectivity index (χ1n) is 4.56. The molecule has 1 aromatic rings. The molecule has 86 valence electrons.